The summed E-state index contributed by atoms with van der Waals surface area (Å²) in [6.07, 6.45) is 3.35. The highest BCUT2D eigenvalue weighted by atomic mass is 35.5. The molecule has 2 aliphatic rings. The van der Waals surface area contributed by atoms with Crippen molar-refractivity contribution in [3.05, 3.63) is 28.3 Å². The summed E-state index contributed by atoms with van der Waals surface area (Å²) >= 11 is 6.09. The van der Waals surface area contributed by atoms with Gasteiger partial charge in [0.15, 0.2) is 5.65 Å². The maximum atomic E-state index is 10.2. The number of carbonyl (C=O) groups excluding carboxylic acids is 1. The van der Waals surface area contributed by atoms with E-state index in [0.29, 0.717) is 30.5 Å². The number of thiol groups is 1. The lowest BCUT2D eigenvalue weighted by atomic mass is 10.1. The van der Waals surface area contributed by atoms with Crippen LogP contribution < -0.4 is 5.73 Å². The number of halogens is 1. The van der Waals surface area contributed by atoms with Crippen LogP contribution in [0.3, 0.4) is 0 Å². The first kappa shape index (κ1) is 16.4. The number of hydrogen-bond donors (Lipinski definition) is 2. The van der Waals surface area contributed by atoms with Crippen LogP contribution in [0.15, 0.2) is 33.3 Å². The first-order valence-electron chi connectivity index (χ1n) is 7.77. The molecule has 1 unspecified atom stereocenters. The average molecular weight is 381 g/mol. The topological polar surface area (TPSA) is 99.2 Å². The van der Waals surface area contributed by atoms with Gasteiger partial charge in [0.25, 0.3) is 6.47 Å². The van der Waals surface area contributed by atoms with Gasteiger partial charge in [-0.2, -0.15) is 16.0 Å². The number of ether oxygens (including phenoxy) is 1. The zero-order chi connectivity index (χ0) is 17.4. The molecule has 8 nitrogen and oxygen atoms in total. The van der Waals surface area contributed by atoms with E-state index in [9.17, 15) is 4.79 Å². The van der Waals surface area contributed by atoms with Gasteiger partial charge in [0, 0.05) is 24.7 Å². The minimum atomic E-state index is -0.742. The van der Waals surface area contributed by atoms with Gasteiger partial charge in [-0.05, 0) is 16.9 Å². The third kappa shape index (κ3) is 2.99. The Morgan fingerprint density at radius 2 is 2.28 bits per heavy atom. The van der Waals surface area contributed by atoms with Gasteiger partial charge in [-0.3, -0.25) is 9.69 Å². The van der Waals surface area contributed by atoms with E-state index >= 15 is 0 Å². The van der Waals surface area contributed by atoms with E-state index < -0.39 is 10.9 Å². The number of nitrogens with zero attached hydrogens (tertiary/aromatic N) is 5. The molecule has 1 saturated heterocycles. The molecule has 2 aliphatic heterocycles. The van der Waals surface area contributed by atoms with Gasteiger partial charge in [-0.15, -0.1) is 0 Å². The number of allylic oxidation sites excluding steroid dienone is 2. The fourth-order valence-electron chi connectivity index (χ4n) is 3.02. The molecule has 0 spiro atoms. The van der Waals surface area contributed by atoms with Crippen LogP contribution in [0.25, 0.3) is 11.0 Å². The summed E-state index contributed by atoms with van der Waals surface area (Å²) in [5.41, 5.74) is 6.86. The number of carbonyl (C=O) groups is 1. The molecule has 1 atom stereocenters. The number of nitrogens with two attached hydrogens (primary N) is 1. The Morgan fingerprint density at radius 3 is 3.00 bits per heavy atom. The van der Waals surface area contributed by atoms with Crippen LogP contribution >= 0.6 is 22.5 Å². The van der Waals surface area contributed by atoms with Crippen molar-refractivity contribution in [3.63, 3.8) is 0 Å². The third-order valence-corrected chi connectivity index (χ3v) is 6.49. The van der Waals surface area contributed by atoms with Crippen LogP contribution in [-0.4, -0.2) is 57.4 Å². The molecule has 2 aromatic heterocycles. The maximum Gasteiger partial charge on any atom is 0.293 e. The van der Waals surface area contributed by atoms with Crippen molar-refractivity contribution in [1.82, 2.24) is 24.6 Å². The number of fused-ring (bicyclic) bond motifs is 1. The summed E-state index contributed by atoms with van der Waals surface area (Å²) < 4.78 is 6.68. The number of rotatable bonds is 6. The monoisotopic (exact) mass is 380 g/mol. The number of hydrogen-bond acceptors (Lipinski definition) is 7. The van der Waals surface area contributed by atoms with E-state index in [4.69, 9.17) is 27.2 Å². The number of likely N-dealkylation sites (tertiary alicyclic amines) is 1. The van der Waals surface area contributed by atoms with Gasteiger partial charge >= 0.3 is 0 Å². The van der Waals surface area contributed by atoms with Crippen LogP contribution in [0.1, 0.15) is 6.04 Å². The zero-order valence-corrected chi connectivity index (χ0v) is 14.9. The van der Waals surface area contributed by atoms with E-state index in [-0.39, 0.29) is 6.04 Å². The Balaban J connectivity index is 1.62. The Hall–Kier alpha value is -2.10. The van der Waals surface area contributed by atoms with Crippen molar-refractivity contribution in [1.29, 1.82) is 0 Å². The van der Waals surface area contributed by atoms with Crippen molar-refractivity contribution >= 4 is 45.8 Å². The first-order valence-corrected chi connectivity index (χ1v) is 9.63. The van der Waals surface area contributed by atoms with E-state index in [1.54, 1.807) is 0 Å². The van der Waals surface area contributed by atoms with Gasteiger partial charge in [-0.1, -0.05) is 11.6 Å². The summed E-state index contributed by atoms with van der Waals surface area (Å²) in [6, 6.07) is 0.211. The fraction of sp³-hybridized carbons (Fsp3) is 0.333. The van der Waals surface area contributed by atoms with E-state index in [0.717, 1.165) is 29.1 Å². The van der Waals surface area contributed by atoms with E-state index in [1.807, 2.05) is 16.2 Å². The highest BCUT2D eigenvalue weighted by molar-refractivity contribution is 8.22. The van der Waals surface area contributed by atoms with Crippen molar-refractivity contribution in [2.75, 3.05) is 32.0 Å². The van der Waals surface area contributed by atoms with Crippen molar-refractivity contribution < 1.29 is 9.53 Å². The fourth-order valence-corrected chi connectivity index (χ4v) is 5.19. The Morgan fingerprint density at radius 1 is 1.44 bits per heavy atom. The summed E-state index contributed by atoms with van der Waals surface area (Å²) in [7, 11) is -0.742. The second kappa shape index (κ2) is 6.66. The SMILES string of the molecule is Nc1ncnc2c1c([SH]1C=CC(Cl)=C1)nn2C1CN(CCOC=O)C1. The molecule has 0 aromatic carbocycles. The van der Waals surface area contributed by atoms with Crippen molar-refractivity contribution in [3.8, 4) is 0 Å². The summed E-state index contributed by atoms with van der Waals surface area (Å²) in [4.78, 5) is 20.9. The van der Waals surface area contributed by atoms with Gasteiger partial charge in [0.05, 0.1) is 11.4 Å². The molecule has 0 saturated carbocycles. The molecule has 4 rings (SSSR count). The standard InChI is InChI=1S/C15H17ClN6O2S/c16-10-1-4-25(7-10)15-12-13(17)18-8-19-14(12)22(20-15)11-5-21(6-11)2-3-24-9-23/h1,4,7-9,11,25H,2-3,5-6H2,(H2,17,18,19). The minimum absolute atomic E-state index is 0.211. The average Bonchev–Trinajstić information content (AvgIpc) is 3.14. The lowest BCUT2D eigenvalue weighted by Crippen LogP contribution is -2.49. The number of nitrogen functional groups attached to an aromatic ring is 1. The van der Waals surface area contributed by atoms with E-state index in [2.05, 4.69) is 20.3 Å². The predicted octanol–water partition coefficient (Wildman–Crippen LogP) is 1.41. The van der Waals surface area contributed by atoms with Crippen molar-refractivity contribution in [2.45, 2.75) is 11.1 Å². The van der Waals surface area contributed by atoms with Crippen LogP contribution in [0.5, 0.6) is 0 Å². The molecule has 0 amide bonds. The maximum absolute atomic E-state index is 10.2. The molecule has 0 aliphatic carbocycles. The Labute approximate surface area is 151 Å². The molecule has 0 radical (unpaired) electrons. The van der Waals surface area contributed by atoms with Gasteiger partial charge in [0.2, 0.25) is 0 Å². The second-order valence-electron chi connectivity index (χ2n) is 5.84. The second-order valence-corrected chi connectivity index (χ2v) is 8.07. The molecule has 132 valence electrons. The molecule has 1 fully saturated rings. The van der Waals surface area contributed by atoms with Gasteiger partial charge in [-0.25, -0.2) is 14.6 Å². The quantitative estimate of drug-likeness (QED) is 0.444. The molecule has 0 bridgehead atoms. The largest absolute Gasteiger partial charge is 0.467 e. The zero-order valence-electron chi connectivity index (χ0n) is 13.2. The van der Waals surface area contributed by atoms with Gasteiger partial charge in [0.1, 0.15) is 23.8 Å². The van der Waals surface area contributed by atoms with Gasteiger partial charge < -0.3 is 10.5 Å². The minimum Gasteiger partial charge on any atom is -0.467 e. The molecule has 2 N–H and O–H groups in total. The molecular weight excluding hydrogens is 364 g/mol. The molecule has 2 aromatic rings. The summed E-state index contributed by atoms with van der Waals surface area (Å²) in [6.45, 7) is 3.24. The summed E-state index contributed by atoms with van der Waals surface area (Å²) in [5.74, 6) is 0.439. The molecular formula is C15H17ClN6O2S. The number of aromatic nitrogens is 4. The lowest BCUT2D eigenvalue weighted by molar-refractivity contribution is -0.129. The Kier molecular flexibility index (Phi) is 4.36. The van der Waals surface area contributed by atoms with E-state index in [1.165, 1.54) is 6.33 Å². The summed E-state index contributed by atoms with van der Waals surface area (Å²) in [5, 5.41) is 11.3. The highest BCUT2D eigenvalue weighted by Crippen LogP contribution is 2.48. The lowest BCUT2D eigenvalue weighted by Gasteiger charge is -2.38. The third-order valence-electron chi connectivity index (χ3n) is 4.28. The predicted molar refractivity (Wildman–Crippen MR) is 97.6 cm³/mol. The molecule has 4 heterocycles. The van der Waals surface area contributed by atoms with Crippen LogP contribution in [0.2, 0.25) is 0 Å². The van der Waals surface area contributed by atoms with Crippen molar-refractivity contribution in [2.24, 2.45) is 0 Å². The van der Waals surface area contributed by atoms with Crippen LogP contribution in [-0.2, 0) is 9.53 Å². The van der Waals surface area contributed by atoms with Crippen LogP contribution in [0, 0.1) is 0 Å². The molecule has 25 heavy (non-hydrogen) atoms. The highest BCUT2D eigenvalue weighted by Gasteiger charge is 2.32. The normalized spacial score (nSPS) is 22.1. The Bertz CT molecular complexity index is 876. The van der Waals surface area contributed by atoms with Crippen LogP contribution in [0.4, 0.5) is 5.82 Å². The first-order chi connectivity index (χ1) is 12.2. The smallest absolute Gasteiger partial charge is 0.293 e. The number of anilines is 1. The molecule has 10 heteroatoms.